The number of carboxylic acids is 1. The molecular weight excluding hydrogens is 216 g/mol. The van der Waals surface area contributed by atoms with Gasteiger partial charge >= 0.3 is 5.97 Å². The lowest BCUT2D eigenvalue weighted by atomic mass is 10.0. The normalized spacial score (nSPS) is 10.2. The summed E-state index contributed by atoms with van der Waals surface area (Å²) in [6.45, 7) is 1.99. The zero-order valence-corrected chi connectivity index (χ0v) is 10.1. The SMILES string of the molecule is Cc1ccc(C(=O)CCCCCC(=O)O)cc1. The molecule has 0 saturated carbocycles. The van der Waals surface area contributed by atoms with Crippen molar-refractivity contribution in [3.63, 3.8) is 0 Å². The fourth-order valence-electron chi connectivity index (χ4n) is 1.62. The number of carbonyl (C=O) groups excluding carboxylic acids is 1. The molecule has 1 N–H and O–H groups in total. The van der Waals surface area contributed by atoms with E-state index < -0.39 is 5.97 Å². The molecule has 0 unspecified atom stereocenters. The van der Waals surface area contributed by atoms with Crippen molar-refractivity contribution >= 4 is 11.8 Å². The molecule has 0 fully saturated rings. The van der Waals surface area contributed by atoms with Crippen molar-refractivity contribution in [3.05, 3.63) is 35.4 Å². The monoisotopic (exact) mass is 234 g/mol. The minimum atomic E-state index is -0.769. The molecule has 0 heterocycles. The van der Waals surface area contributed by atoms with Crippen LogP contribution in [0.3, 0.4) is 0 Å². The summed E-state index contributed by atoms with van der Waals surface area (Å²) >= 11 is 0. The Morgan fingerprint density at radius 2 is 1.59 bits per heavy atom. The Bertz CT molecular complexity index is 379. The molecule has 3 nitrogen and oxygen atoms in total. The number of ketones is 1. The van der Waals surface area contributed by atoms with Crippen LogP contribution >= 0.6 is 0 Å². The number of hydrogen-bond acceptors (Lipinski definition) is 2. The molecule has 0 aliphatic heterocycles. The van der Waals surface area contributed by atoms with E-state index in [0.29, 0.717) is 12.8 Å². The molecule has 0 aromatic heterocycles. The first-order chi connectivity index (χ1) is 8.09. The van der Waals surface area contributed by atoms with Gasteiger partial charge in [-0.05, 0) is 19.8 Å². The van der Waals surface area contributed by atoms with E-state index in [1.807, 2.05) is 31.2 Å². The van der Waals surface area contributed by atoms with Gasteiger partial charge < -0.3 is 5.11 Å². The zero-order chi connectivity index (χ0) is 12.7. The summed E-state index contributed by atoms with van der Waals surface area (Å²) in [4.78, 5) is 22.0. The third-order valence-corrected chi connectivity index (χ3v) is 2.67. The van der Waals surface area contributed by atoms with Crippen LogP contribution in [0.15, 0.2) is 24.3 Å². The predicted molar refractivity (Wildman–Crippen MR) is 66.2 cm³/mol. The number of hydrogen-bond donors (Lipinski definition) is 1. The van der Waals surface area contributed by atoms with Gasteiger partial charge in [0.25, 0.3) is 0 Å². The van der Waals surface area contributed by atoms with E-state index in [1.54, 1.807) is 0 Å². The van der Waals surface area contributed by atoms with Crippen LogP contribution in [0.1, 0.15) is 48.0 Å². The minimum absolute atomic E-state index is 0.139. The molecule has 3 heteroatoms. The maximum absolute atomic E-state index is 11.7. The Kier molecular flexibility index (Phi) is 5.40. The van der Waals surface area contributed by atoms with Gasteiger partial charge in [-0.3, -0.25) is 9.59 Å². The quantitative estimate of drug-likeness (QED) is 0.582. The second-order valence-electron chi connectivity index (χ2n) is 4.24. The molecule has 0 saturated heterocycles. The molecule has 17 heavy (non-hydrogen) atoms. The van der Waals surface area contributed by atoms with Gasteiger partial charge in [-0.1, -0.05) is 36.2 Å². The Balaban J connectivity index is 2.25. The van der Waals surface area contributed by atoms with E-state index in [-0.39, 0.29) is 12.2 Å². The van der Waals surface area contributed by atoms with E-state index in [4.69, 9.17) is 5.11 Å². The highest BCUT2D eigenvalue weighted by Gasteiger charge is 2.05. The lowest BCUT2D eigenvalue weighted by molar-refractivity contribution is -0.137. The number of carbonyl (C=O) groups is 2. The first kappa shape index (κ1) is 13.4. The Morgan fingerprint density at radius 1 is 1.00 bits per heavy atom. The van der Waals surface area contributed by atoms with Crippen molar-refractivity contribution in [1.82, 2.24) is 0 Å². The van der Waals surface area contributed by atoms with E-state index in [1.165, 1.54) is 0 Å². The standard InChI is InChI=1S/C14H18O3/c1-11-7-9-12(10-8-11)13(15)5-3-2-4-6-14(16)17/h7-10H,2-6H2,1H3,(H,16,17). The maximum atomic E-state index is 11.7. The number of rotatable bonds is 7. The summed E-state index contributed by atoms with van der Waals surface area (Å²) in [5, 5.41) is 8.46. The van der Waals surface area contributed by atoms with Crippen LogP contribution in [0.4, 0.5) is 0 Å². The van der Waals surface area contributed by atoms with Crippen LogP contribution in [0.2, 0.25) is 0 Å². The van der Waals surface area contributed by atoms with Gasteiger partial charge in [0, 0.05) is 18.4 Å². The van der Waals surface area contributed by atoms with Crippen LogP contribution in [0.25, 0.3) is 0 Å². The molecule has 0 aliphatic rings. The highest BCUT2D eigenvalue weighted by molar-refractivity contribution is 5.96. The first-order valence-corrected chi connectivity index (χ1v) is 5.91. The lowest BCUT2D eigenvalue weighted by Gasteiger charge is -2.01. The van der Waals surface area contributed by atoms with Gasteiger partial charge in [-0.15, -0.1) is 0 Å². The molecule has 0 aliphatic carbocycles. The van der Waals surface area contributed by atoms with Gasteiger partial charge in [0.05, 0.1) is 0 Å². The number of aliphatic carboxylic acids is 1. The fraction of sp³-hybridized carbons (Fsp3) is 0.429. The fourth-order valence-corrected chi connectivity index (χ4v) is 1.62. The molecule has 1 rings (SSSR count). The number of benzene rings is 1. The number of Topliss-reactive ketones (excluding diaryl/α,β-unsaturated/α-hetero) is 1. The Morgan fingerprint density at radius 3 is 2.18 bits per heavy atom. The molecule has 92 valence electrons. The van der Waals surface area contributed by atoms with Crippen molar-refractivity contribution in [2.24, 2.45) is 0 Å². The summed E-state index contributed by atoms with van der Waals surface area (Å²) in [5.41, 5.74) is 1.89. The van der Waals surface area contributed by atoms with Crippen LogP contribution in [-0.2, 0) is 4.79 Å². The van der Waals surface area contributed by atoms with Crippen LogP contribution in [0, 0.1) is 6.92 Å². The zero-order valence-electron chi connectivity index (χ0n) is 10.1. The van der Waals surface area contributed by atoms with Crippen molar-refractivity contribution < 1.29 is 14.7 Å². The Hall–Kier alpha value is -1.64. The van der Waals surface area contributed by atoms with Gasteiger partial charge in [-0.25, -0.2) is 0 Å². The molecule has 0 spiro atoms. The van der Waals surface area contributed by atoms with Crippen LogP contribution < -0.4 is 0 Å². The summed E-state index contributed by atoms with van der Waals surface area (Å²) in [7, 11) is 0. The highest BCUT2D eigenvalue weighted by atomic mass is 16.4. The second-order valence-corrected chi connectivity index (χ2v) is 4.24. The summed E-state index contributed by atoms with van der Waals surface area (Å²) in [6.07, 6.45) is 2.90. The maximum Gasteiger partial charge on any atom is 0.303 e. The van der Waals surface area contributed by atoms with E-state index in [9.17, 15) is 9.59 Å². The van der Waals surface area contributed by atoms with Gasteiger partial charge in [0.2, 0.25) is 0 Å². The van der Waals surface area contributed by atoms with Gasteiger partial charge in [-0.2, -0.15) is 0 Å². The molecule has 0 atom stereocenters. The molecular formula is C14H18O3. The van der Waals surface area contributed by atoms with Crippen LogP contribution in [0.5, 0.6) is 0 Å². The van der Waals surface area contributed by atoms with Crippen molar-refractivity contribution in [2.45, 2.75) is 39.0 Å². The smallest absolute Gasteiger partial charge is 0.303 e. The van der Waals surface area contributed by atoms with E-state index in [0.717, 1.165) is 24.0 Å². The summed E-state index contributed by atoms with van der Waals surface area (Å²) in [5.74, 6) is -0.629. The van der Waals surface area contributed by atoms with Crippen molar-refractivity contribution in [2.75, 3.05) is 0 Å². The molecule has 1 aromatic rings. The Labute approximate surface area is 101 Å². The number of unbranched alkanes of at least 4 members (excludes halogenated alkanes) is 2. The van der Waals surface area contributed by atoms with Gasteiger partial charge in [0.1, 0.15) is 0 Å². The minimum Gasteiger partial charge on any atom is -0.481 e. The molecule has 1 aromatic carbocycles. The summed E-state index contributed by atoms with van der Waals surface area (Å²) < 4.78 is 0. The third-order valence-electron chi connectivity index (χ3n) is 2.67. The van der Waals surface area contributed by atoms with Gasteiger partial charge in [0.15, 0.2) is 5.78 Å². The van der Waals surface area contributed by atoms with Crippen molar-refractivity contribution in [1.29, 1.82) is 0 Å². The molecule has 0 amide bonds. The van der Waals surface area contributed by atoms with Crippen LogP contribution in [-0.4, -0.2) is 16.9 Å². The van der Waals surface area contributed by atoms with E-state index in [2.05, 4.69) is 0 Å². The third kappa shape index (κ3) is 5.29. The van der Waals surface area contributed by atoms with Crippen molar-refractivity contribution in [3.8, 4) is 0 Å². The first-order valence-electron chi connectivity index (χ1n) is 5.91. The summed E-state index contributed by atoms with van der Waals surface area (Å²) in [6, 6.07) is 7.54. The number of carboxylic acid groups (broad SMARTS) is 1. The largest absolute Gasteiger partial charge is 0.481 e. The molecule has 0 radical (unpaired) electrons. The topological polar surface area (TPSA) is 54.4 Å². The van der Waals surface area contributed by atoms with E-state index >= 15 is 0 Å². The lowest BCUT2D eigenvalue weighted by Crippen LogP contribution is -1.99. The molecule has 0 bridgehead atoms. The number of aryl methyl sites for hydroxylation is 1. The predicted octanol–water partition coefficient (Wildman–Crippen LogP) is 3.21. The second kappa shape index (κ2) is 6.84. The average Bonchev–Trinajstić information content (AvgIpc) is 2.29. The average molecular weight is 234 g/mol. The highest BCUT2D eigenvalue weighted by Crippen LogP contribution is 2.10.